The van der Waals surface area contributed by atoms with Crippen LogP contribution >= 0.6 is 0 Å². The largest absolute Gasteiger partial charge is 0.480 e. The summed E-state index contributed by atoms with van der Waals surface area (Å²) in [6.07, 6.45) is 2.53. The Balaban J connectivity index is 2.16. The molecule has 0 saturated heterocycles. The van der Waals surface area contributed by atoms with Crippen molar-refractivity contribution in [3.05, 3.63) is 35.4 Å². The Morgan fingerprint density at radius 3 is 2.19 bits per heavy atom. The first kappa shape index (κ1) is 15.6. The van der Waals surface area contributed by atoms with E-state index in [4.69, 9.17) is 0 Å². The van der Waals surface area contributed by atoms with Gasteiger partial charge in [-0.2, -0.15) is 0 Å². The molecule has 1 N–H and O–H groups in total. The molecule has 1 fully saturated rings. The highest BCUT2D eigenvalue weighted by Gasteiger charge is 2.45. The van der Waals surface area contributed by atoms with E-state index in [1.165, 1.54) is 4.90 Å². The second kappa shape index (κ2) is 5.89. The normalized spacial score (nSPS) is 17.1. The average Bonchev–Trinajstić information content (AvgIpc) is 2.88. The van der Waals surface area contributed by atoms with Crippen LogP contribution in [0.3, 0.4) is 0 Å². The predicted octanol–water partition coefficient (Wildman–Crippen LogP) is 2.48. The van der Waals surface area contributed by atoms with Gasteiger partial charge in [0.05, 0.1) is 6.54 Å². The van der Waals surface area contributed by atoms with Crippen LogP contribution < -0.4 is 0 Å². The number of aliphatic carboxylic acids is 1. The molecule has 6 heteroatoms. The van der Waals surface area contributed by atoms with E-state index in [1.807, 2.05) is 0 Å². The lowest BCUT2D eigenvalue weighted by Gasteiger charge is -2.34. The lowest BCUT2D eigenvalue weighted by molar-refractivity contribution is -0.150. The maximum Gasteiger partial charge on any atom is 0.324 e. The van der Waals surface area contributed by atoms with Gasteiger partial charge in [-0.1, -0.05) is 12.8 Å². The standard InChI is InChI=1S/C15H17F2NO3/c1-18(15(14(20)21)4-2-3-5-15)9-13(19)10-6-11(16)8-12(17)7-10/h6-8H,2-5,9H2,1H3,(H,20,21). The topological polar surface area (TPSA) is 57.6 Å². The minimum absolute atomic E-state index is 0.0853. The molecule has 0 radical (unpaired) electrons. The summed E-state index contributed by atoms with van der Waals surface area (Å²) >= 11 is 0. The molecule has 21 heavy (non-hydrogen) atoms. The van der Waals surface area contributed by atoms with Crippen molar-refractivity contribution in [3.63, 3.8) is 0 Å². The van der Waals surface area contributed by atoms with Gasteiger partial charge in [0.25, 0.3) is 0 Å². The lowest BCUT2D eigenvalue weighted by atomic mass is 9.95. The monoisotopic (exact) mass is 297 g/mol. The van der Waals surface area contributed by atoms with Crippen molar-refractivity contribution >= 4 is 11.8 Å². The molecular formula is C15H17F2NO3. The van der Waals surface area contributed by atoms with Crippen LogP contribution in [0, 0.1) is 11.6 Å². The van der Waals surface area contributed by atoms with Crippen molar-refractivity contribution < 1.29 is 23.5 Å². The minimum atomic E-state index is -1.05. The number of carbonyl (C=O) groups excluding carboxylic acids is 1. The zero-order valence-corrected chi connectivity index (χ0v) is 11.7. The molecule has 1 aromatic carbocycles. The Labute approximate surface area is 121 Å². The van der Waals surface area contributed by atoms with Crippen molar-refractivity contribution in [2.75, 3.05) is 13.6 Å². The van der Waals surface area contributed by atoms with Gasteiger partial charge in [-0.3, -0.25) is 14.5 Å². The lowest BCUT2D eigenvalue weighted by Crippen LogP contribution is -2.52. The number of halogens is 2. The Morgan fingerprint density at radius 2 is 1.71 bits per heavy atom. The van der Waals surface area contributed by atoms with E-state index in [1.54, 1.807) is 7.05 Å². The van der Waals surface area contributed by atoms with Gasteiger partial charge in [-0.25, -0.2) is 8.78 Å². The molecule has 1 aliphatic carbocycles. The van der Waals surface area contributed by atoms with E-state index >= 15 is 0 Å². The molecule has 0 aromatic heterocycles. The second-order valence-electron chi connectivity index (χ2n) is 5.48. The van der Waals surface area contributed by atoms with E-state index in [0.717, 1.165) is 25.0 Å². The van der Waals surface area contributed by atoms with Crippen LogP contribution in [0.2, 0.25) is 0 Å². The molecule has 0 aliphatic heterocycles. The van der Waals surface area contributed by atoms with Crippen molar-refractivity contribution in [2.45, 2.75) is 31.2 Å². The highest BCUT2D eigenvalue weighted by atomic mass is 19.1. The van der Waals surface area contributed by atoms with Crippen LogP contribution in [0.15, 0.2) is 18.2 Å². The third-order valence-corrected chi connectivity index (χ3v) is 4.12. The maximum absolute atomic E-state index is 13.1. The Bertz CT molecular complexity index is 548. The van der Waals surface area contributed by atoms with Crippen LogP contribution in [-0.4, -0.2) is 40.9 Å². The molecule has 0 unspecified atom stereocenters. The molecule has 0 amide bonds. The van der Waals surface area contributed by atoms with Gasteiger partial charge in [0.1, 0.15) is 17.2 Å². The molecule has 0 heterocycles. The van der Waals surface area contributed by atoms with Gasteiger partial charge < -0.3 is 5.11 Å². The molecule has 4 nitrogen and oxygen atoms in total. The molecule has 114 valence electrons. The number of carbonyl (C=O) groups is 2. The van der Waals surface area contributed by atoms with Gasteiger partial charge in [0.15, 0.2) is 5.78 Å². The minimum Gasteiger partial charge on any atom is -0.480 e. The number of benzene rings is 1. The van der Waals surface area contributed by atoms with Crippen LogP contribution in [0.1, 0.15) is 36.0 Å². The summed E-state index contributed by atoms with van der Waals surface area (Å²) < 4.78 is 26.3. The van der Waals surface area contributed by atoms with E-state index in [2.05, 4.69) is 0 Å². The summed E-state index contributed by atoms with van der Waals surface area (Å²) in [5, 5.41) is 9.43. The third-order valence-electron chi connectivity index (χ3n) is 4.12. The second-order valence-corrected chi connectivity index (χ2v) is 5.48. The van der Waals surface area contributed by atoms with E-state index in [0.29, 0.717) is 18.9 Å². The summed E-state index contributed by atoms with van der Waals surface area (Å²) in [6, 6.07) is 2.61. The smallest absolute Gasteiger partial charge is 0.324 e. The highest BCUT2D eigenvalue weighted by molar-refractivity contribution is 5.98. The maximum atomic E-state index is 13.1. The van der Waals surface area contributed by atoms with Crippen LogP contribution in [0.5, 0.6) is 0 Å². The number of carboxylic acids is 1. The van der Waals surface area contributed by atoms with Gasteiger partial charge in [-0.05, 0) is 32.0 Å². The summed E-state index contributed by atoms with van der Waals surface area (Å²) in [6.45, 7) is -0.185. The molecule has 0 spiro atoms. The zero-order chi connectivity index (χ0) is 15.6. The van der Waals surface area contributed by atoms with Crippen molar-refractivity contribution in [1.29, 1.82) is 0 Å². The zero-order valence-electron chi connectivity index (χ0n) is 11.7. The van der Waals surface area contributed by atoms with Crippen molar-refractivity contribution in [1.82, 2.24) is 4.90 Å². The van der Waals surface area contributed by atoms with Crippen molar-refractivity contribution in [2.24, 2.45) is 0 Å². The predicted molar refractivity (Wildman–Crippen MR) is 72.2 cm³/mol. The van der Waals surface area contributed by atoms with Crippen molar-refractivity contribution in [3.8, 4) is 0 Å². The van der Waals surface area contributed by atoms with Crippen LogP contribution in [0.4, 0.5) is 8.78 Å². The summed E-state index contributed by atoms with van der Waals surface area (Å²) in [5.41, 5.74) is -1.14. The SMILES string of the molecule is CN(CC(=O)c1cc(F)cc(F)c1)C1(C(=O)O)CCCC1. The van der Waals surface area contributed by atoms with Gasteiger partial charge in [-0.15, -0.1) is 0 Å². The highest BCUT2D eigenvalue weighted by Crippen LogP contribution is 2.34. The van der Waals surface area contributed by atoms with Crippen LogP contribution in [-0.2, 0) is 4.79 Å². The number of likely N-dealkylation sites (N-methyl/N-ethyl adjacent to an activating group) is 1. The summed E-state index contributed by atoms with van der Waals surface area (Å²) in [4.78, 5) is 25.1. The third kappa shape index (κ3) is 3.10. The van der Waals surface area contributed by atoms with Gasteiger partial charge >= 0.3 is 5.97 Å². The number of hydrogen-bond acceptors (Lipinski definition) is 3. The van der Waals surface area contributed by atoms with Gasteiger partial charge in [0, 0.05) is 11.6 Å². The van der Waals surface area contributed by atoms with E-state index in [-0.39, 0.29) is 12.1 Å². The molecule has 1 aliphatic rings. The molecule has 1 saturated carbocycles. The first-order valence-corrected chi connectivity index (χ1v) is 6.79. The Hall–Kier alpha value is -1.82. The fraction of sp³-hybridized carbons (Fsp3) is 0.467. The Morgan fingerprint density at radius 1 is 1.19 bits per heavy atom. The molecule has 0 bridgehead atoms. The first-order valence-electron chi connectivity index (χ1n) is 6.79. The Kier molecular flexibility index (Phi) is 4.37. The molecular weight excluding hydrogens is 280 g/mol. The molecule has 2 rings (SSSR count). The number of rotatable bonds is 5. The fourth-order valence-corrected chi connectivity index (χ4v) is 2.89. The van der Waals surface area contributed by atoms with Crippen LogP contribution in [0.25, 0.3) is 0 Å². The number of ketones is 1. The van der Waals surface area contributed by atoms with E-state index in [9.17, 15) is 23.5 Å². The van der Waals surface area contributed by atoms with Gasteiger partial charge in [0.2, 0.25) is 0 Å². The first-order chi connectivity index (χ1) is 9.85. The quantitative estimate of drug-likeness (QED) is 0.848. The summed E-state index contributed by atoms with van der Waals surface area (Å²) in [7, 11) is 1.56. The summed E-state index contributed by atoms with van der Waals surface area (Å²) in [5.74, 6) is -3.10. The van der Waals surface area contributed by atoms with E-state index < -0.39 is 28.9 Å². The number of hydrogen-bond donors (Lipinski definition) is 1. The fourth-order valence-electron chi connectivity index (χ4n) is 2.89. The molecule has 1 aromatic rings. The number of nitrogens with zero attached hydrogens (tertiary/aromatic N) is 1. The number of Topliss-reactive ketones (excluding diaryl/α,β-unsaturated/α-hetero) is 1. The molecule has 0 atom stereocenters. The number of carboxylic acid groups (broad SMARTS) is 1. The average molecular weight is 297 g/mol.